The molecule has 4 nitrogen and oxygen atoms in total. The van der Waals surface area contributed by atoms with Gasteiger partial charge in [0.25, 0.3) is 0 Å². The van der Waals surface area contributed by atoms with Gasteiger partial charge in [-0.25, -0.2) is 0 Å². The maximum Gasteiger partial charge on any atom is 0.306 e. The monoisotopic (exact) mass is 613 g/mol. The number of carbonyl (C=O) groups excluding carboxylic acids is 1. The maximum absolute atomic E-state index is 12.7. The molecule has 0 saturated heterocycles. The van der Waals surface area contributed by atoms with Gasteiger partial charge in [-0.3, -0.25) is 4.79 Å². The Morgan fingerprint density at radius 1 is 0.571 bits per heavy atom. The first-order valence-electron chi connectivity index (χ1n) is 18.5. The number of hydrogen-bond donors (Lipinski definition) is 0. The predicted octanol–water partition coefficient (Wildman–Crippen LogP) is 12.3. The smallest absolute Gasteiger partial charge is 0.306 e. The molecule has 0 aliphatic carbocycles. The number of esters is 1. The molecule has 0 aromatic carbocycles. The van der Waals surface area contributed by atoms with Crippen LogP contribution in [-0.2, 0) is 18.7 Å². The molecule has 0 aromatic rings. The average Bonchev–Trinajstić information content (AvgIpc) is 2.94. The van der Waals surface area contributed by atoms with Crippen molar-refractivity contribution in [3.05, 3.63) is 0 Å². The van der Waals surface area contributed by atoms with Crippen LogP contribution >= 0.6 is 0 Å². The third-order valence-corrected chi connectivity index (χ3v) is 13.7. The molecule has 0 saturated carbocycles. The topological polar surface area (TPSA) is 44.8 Å². The second kappa shape index (κ2) is 28.1. The van der Waals surface area contributed by atoms with E-state index >= 15 is 0 Å². The fourth-order valence-electron chi connectivity index (χ4n) is 5.07. The van der Waals surface area contributed by atoms with Crippen molar-refractivity contribution in [2.45, 2.75) is 213 Å². The van der Waals surface area contributed by atoms with E-state index in [-0.39, 0.29) is 17.1 Å². The number of hydrogen-bond acceptors (Lipinski definition) is 4. The lowest BCUT2D eigenvalue weighted by atomic mass is 10.1. The van der Waals surface area contributed by atoms with Gasteiger partial charge in [-0.05, 0) is 31.0 Å². The molecule has 0 aliphatic rings. The van der Waals surface area contributed by atoms with Gasteiger partial charge in [0.15, 0.2) is 8.32 Å². The predicted molar refractivity (Wildman–Crippen MR) is 186 cm³/mol. The lowest BCUT2D eigenvalue weighted by molar-refractivity contribution is -0.154. The highest BCUT2D eigenvalue weighted by Gasteiger charge is 2.38. The molecule has 0 fully saturated rings. The summed E-state index contributed by atoms with van der Waals surface area (Å²) in [6.07, 6.45) is 30.4. The summed E-state index contributed by atoms with van der Waals surface area (Å²) in [6.45, 7) is 17.4. The summed E-state index contributed by atoms with van der Waals surface area (Å²) < 4.78 is 18.3. The number of carbonyl (C=O) groups is 1. The standard InChI is InChI=1S/C37H76O4Si/c1-8-10-12-14-16-18-20-22-24-26-28-30-32-39-33-35(34-40-42(6,7)37(3,4)5)41-36(38)31-29-27-25-23-21-19-17-15-13-11-9-2/h35H,8-34H2,1-7H3. The minimum absolute atomic E-state index is 0.0938. The van der Waals surface area contributed by atoms with E-state index in [2.05, 4.69) is 47.7 Å². The van der Waals surface area contributed by atoms with Crippen molar-refractivity contribution < 1.29 is 18.7 Å². The quantitative estimate of drug-likeness (QED) is 0.0444. The molecule has 42 heavy (non-hydrogen) atoms. The van der Waals surface area contributed by atoms with Gasteiger partial charge in [0.1, 0.15) is 6.10 Å². The van der Waals surface area contributed by atoms with Crippen LogP contribution in [0.2, 0.25) is 18.1 Å². The van der Waals surface area contributed by atoms with Gasteiger partial charge >= 0.3 is 5.97 Å². The molecular weight excluding hydrogens is 536 g/mol. The second-order valence-electron chi connectivity index (χ2n) is 14.4. The molecule has 0 heterocycles. The lowest BCUT2D eigenvalue weighted by Gasteiger charge is -2.37. The van der Waals surface area contributed by atoms with Gasteiger partial charge in [-0.1, -0.05) is 169 Å². The van der Waals surface area contributed by atoms with Crippen molar-refractivity contribution in [3.8, 4) is 0 Å². The first-order valence-corrected chi connectivity index (χ1v) is 21.5. The van der Waals surface area contributed by atoms with Gasteiger partial charge in [-0.2, -0.15) is 0 Å². The Morgan fingerprint density at radius 2 is 0.952 bits per heavy atom. The second-order valence-corrected chi connectivity index (χ2v) is 19.2. The van der Waals surface area contributed by atoms with E-state index in [0.717, 1.165) is 25.9 Å². The van der Waals surface area contributed by atoms with Gasteiger partial charge in [-0.15, -0.1) is 0 Å². The third-order valence-electron chi connectivity index (χ3n) is 9.16. The Hall–Kier alpha value is -0.393. The van der Waals surface area contributed by atoms with E-state index in [1.165, 1.54) is 128 Å². The molecule has 0 spiro atoms. The molecule has 252 valence electrons. The Morgan fingerprint density at radius 3 is 1.36 bits per heavy atom. The van der Waals surface area contributed by atoms with Crippen LogP contribution in [0.5, 0.6) is 0 Å². The van der Waals surface area contributed by atoms with Crippen molar-refractivity contribution in [2.24, 2.45) is 0 Å². The van der Waals surface area contributed by atoms with Gasteiger partial charge in [0, 0.05) is 13.0 Å². The van der Waals surface area contributed by atoms with E-state index < -0.39 is 8.32 Å². The number of unbranched alkanes of at least 4 members (excludes halogenated alkanes) is 21. The Balaban J connectivity index is 4.14. The van der Waals surface area contributed by atoms with E-state index in [0.29, 0.717) is 19.6 Å². The fraction of sp³-hybridized carbons (Fsp3) is 0.973. The summed E-state index contributed by atoms with van der Waals surface area (Å²) in [5.74, 6) is -0.0938. The Kier molecular flexibility index (Phi) is 27.8. The van der Waals surface area contributed by atoms with Crippen LogP contribution in [0.15, 0.2) is 0 Å². The summed E-state index contributed by atoms with van der Waals surface area (Å²) in [4.78, 5) is 12.7. The maximum atomic E-state index is 12.7. The van der Waals surface area contributed by atoms with Crippen LogP contribution in [0.4, 0.5) is 0 Å². The van der Waals surface area contributed by atoms with Crippen molar-refractivity contribution >= 4 is 14.3 Å². The highest BCUT2D eigenvalue weighted by Crippen LogP contribution is 2.36. The van der Waals surface area contributed by atoms with Crippen LogP contribution < -0.4 is 0 Å². The van der Waals surface area contributed by atoms with Crippen LogP contribution in [0.25, 0.3) is 0 Å². The first kappa shape index (κ1) is 41.6. The fourth-order valence-corrected chi connectivity index (χ4v) is 6.11. The molecule has 0 radical (unpaired) electrons. The van der Waals surface area contributed by atoms with E-state index in [1.54, 1.807) is 0 Å². The molecule has 5 heteroatoms. The SMILES string of the molecule is CCCCCCCCCCCCCCOCC(CO[Si](C)(C)C(C)(C)C)OC(=O)CCCCCCCCCCCCC. The van der Waals surface area contributed by atoms with Crippen molar-refractivity contribution in [1.82, 2.24) is 0 Å². The zero-order chi connectivity index (χ0) is 31.4. The largest absolute Gasteiger partial charge is 0.457 e. The van der Waals surface area contributed by atoms with Crippen molar-refractivity contribution in [3.63, 3.8) is 0 Å². The van der Waals surface area contributed by atoms with Crippen LogP contribution in [0, 0.1) is 0 Å². The van der Waals surface area contributed by atoms with Crippen LogP contribution in [-0.4, -0.2) is 40.2 Å². The van der Waals surface area contributed by atoms with E-state index in [1.807, 2.05) is 0 Å². The molecule has 0 aromatic heterocycles. The normalized spacial score (nSPS) is 13.0. The van der Waals surface area contributed by atoms with Gasteiger partial charge in [0.2, 0.25) is 0 Å². The summed E-state index contributed by atoms with van der Waals surface area (Å²) in [7, 11) is -1.91. The molecule has 0 amide bonds. The van der Waals surface area contributed by atoms with E-state index in [4.69, 9.17) is 13.9 Å². The van der Waals surface area contributed by atoms with Crippen LogP contribution in [0.1, 0.15) is 189 Å². The highest BCUT2D eigenvalue weighted by molar-refractivity contribution is 6.74. The molecule has 0 bridgehead atoms. The third kappa shape index (κ3) is 26.0. The molecule has 0 N–H and O–H groups in total. The lowest BCUT2D eigenvalue weighted by Crippen LogP contribution is -2.44. The van der Waals surface area contributed by atoms with Gasteiger partial charge in [0.05, 0.1) is 13.2 Å². The number of rotatable bonds is 31. The van der Waals surface area contributed by atoms with Crippen molar-refractivity contribution in [1.29, 1.82) is 0 Å². The average molecular weight is 613 g/mol. The van der Waals surface area contributed by atoms with Crippen LogP contribution in [0.3, 0.4) is 0 Å². The molecular formula is C37H76O4Si. The Bertz CT molecular complexity index is 587. The zero-order valence-corrected chi connectivity index (χ0v) is 30.8. The minimum Gasteiger partial charge on any atom is -0.457 e. The molecule has 0 rings (SSSR count). The summed E-state index contributed by atoms with van der Waals surface area (Å²) >= 11 is 0. The van der Waals surface area contributed by atoms with Gasteiger partial charge < -0.3 is 13.9 Å². The van der Waals surface area contributed by atoms with Crippen molar-refractivity contribution in [2.75, 3.05) is 19.8 Å². The summed E-state index contributed by atoms with van der Waals surface area (Å²) in [5, 5.41) is 0.132. The molecule has 0 aliphatic heterocycles. The zero-order valence-electron chi connectivity index (χ0n) is 29.8. The Labute approximate surface area is 265 Å². The molecule has 1 unspecified atom stereocenters. The minimum atomic E-state index is -1.91. The first-order chi connectivity index (χ1) is 20.1. The highest BCUT2D eigenvalue weighted by atomic mass is 28.4. The number of ether oxygens (including phenoxy) is 2. The summed E-state index contributed by atoms with van der Waals surface area (Å²) in [6, 6.07) is 0. The van der Waals surface area contributed by atoms with E-state index in [9.17, 15) is 4.79 Å². The molecule has 1 atom stereocenters. The summed E-state index contributed by atoms with van der Waals surface area (Å²) in [5.41, 5.74) is 0.